The number of halogens is 1. The predicted molar refractivity (Wildman–Crippen MR) is 159 cm³/mol. The monoisotopic (exact) mass is 493 g/mol. The van der Waals surface area contributed by atoms with Gasteiger partial charge in [-0.1, -0.05) is 90.1 Å². The quantitative estimate of drug-likeness (QED) is 0.318. The Labute approximate surface area is 222 Å². The lowest BCUT2D eigenvalue weighted by molar-refractivity contribution is 0.379. The number of hydrogen-bond acceptors (Lipinski definition) is 1. The Balaban J connectivity index is 0.000000391. The van der Waals surface area contributed by atoms with Crippen LogP contribution in [0.4, 0.5) is 4.39 Å². The van der Waals surface area contributed by atoms with Crippen molar-refractivity contribution in [3.8, 4) is 0 Å². The predicted octanol–water partition coefficient (Wildman–Crippen LogP) is 10.5. The summed E-state index contributed by atoms with van der Waals surface area (Å²) in [5.41, 5.74) is 6.22. The minimum Gasteiger partial charge on any atom is -0.375 e. The fourth-order valence-corrected chi connectivity index (χ4v) is 5.24. The van der Waals surface area contributed by atoms with Gasteiger partial charge in [-0.25, -0.2) is 4.39 Å². The van der Waals surface area contributed by atoms with Crippen LogP contribution in [-0.4, -0.2) is 18.0 Å². The van der Waals surface area contributed by atoms with Crippen LogP contribution in [0, 0.1) is 25.6 Å². The van der Waals surface area contributed by atoms with Crippen molar-refractivity contribution in [3.05, 3.63) is 89.4 Å². The lowest BCUT2D eigenvalue weighted by Gasteiger charge is -2.21. The second-order valence-corrected chi connectivity index (χ2v) is 10.1. The highest BCUT2D eigenvalue weighted by Gasteiger charge is 2.22. The highest BCUT2D eigenvalue weighted by Crippen LogP contribution is 2.30. The Morgan fingerprint density at radius 3 is 2.28 bits per heavy atom. The topological polar surface area (TPSA) is 3.24 Å². The van der Waals surface area contributed by atoms with Gasteiger partial charge >= 0.3 is 0 Å². The van der Waals surface area contributed by atoms with Gasteiger partial charge in [-0.3, -0.25) is 0 Å². The average molecular weight is 494 g/mol. The van der Waals surface area contributed by atoms with Gasteiger partial charge in [0.2, 0.25) is 0 Å². The molecule has 1 aliphatic heterocycles. The first-order valence-corrected chi connectivity index (χ1v) is 14.2. The third-order valence-electron chi connectivity index (χ3n) is 7.07. The van der Waals surface area contributed by atoms with Crippen molar-refractivity contribution in [2.24, 2.45) is 5.92 Å². The molecule has 36 heavy (non-hydrogen) atoms. The number of likely N-dealkylation sites (tertiary alicyclic amines) is 1. The van der Waals surface area contributed by atoms with Crippen molar-refractivity contribution in [3.63, 3.8) is 0 Å². The summed E-state index contributed by atoms with van der Waals surface area (Å²) >= 11 is 0. The molecular weight excluding hydrogens is 441 g/mol. The Morgan fingerprint density at radius 1 is 1.06 bits per heavy atom. The first-order valence-electron chi connectivity index (χ1n) is 14.2. The van der Waals surface area contributed by atoms with Gasteiger partial charge in [-0.2, -0.15) is 0 Å². The molecule has 0 N–H and O–H groups in total. The maximum atomic E-state index is 13.3. The fraction of sp³-hybridized carbons (Fsp3) is 0.529. The van der Waals surface area contributed by atoms with E-state index in [-0.39, 0.29) is 5.82 Å². The van der Waals surface area contributed by atoms with Crippen LogP contribution in [0.15, 0.2) is 61.3 Å². The molecule has 1 heterocycles. The summed E-state index contributed by atoms with van der Waals surface area (Å²) in [6, 6.07) is 14.6. The zero-order valence-electron chi connectivity index (χ0n) is 24.3. The molecule has 200 valence electrons. The van der Waals surface area contributed by atoms with E-state index in [4.69, 9.17) is 0 Å². The minimum atomic E-state index is -0.167. The maximum Gasteiger partial charge on any atom is 0.131 e. The molecule has 0 spiro atoms. The molecule has 2 heteroatoms. The van der Waals surface area contributed by atoms with Crippen LogP contribution in [0.3, 0.4) is 0 Å². The van der Waals surface area contributed by atoms with Crippen molar-refractivity contribution in [2.75, 3.05) is 13.1 Å². The summed E-state index contributed by atoms with van der Waals surface area (Å²) < 4.78 is 13.3. The summed E-state index contributed by atoms with van der Waals surface area (Å²) in [7, 11) is 0. The van der Waals surface area contributed by atoms with E-state index in [1.54, 1.807) is 0 Å². The fourth-order valence-electron chi connectivity index (χ4n) is 5.24. The van der Waals surface area contributed by atoms with Gasteiger partial charge in [0.15, 0.2) is 0 Å². The SMILES string of the molecule is C=C(C)c1c(C)cc(C)cc1F.C=C(CC)N1CCC(CCCC(CCC)c2ccccc2)C1.CC. The Bertz CT molecular complexity index is 891. The van der Waals surface area contributed by atoms with Crippen molar-refractivity contribution in [1.82, 2.24) is 4.90 Å². The number of nitrogens with zero attached hydrogens (tertiary/aromatic N) is 1. The summed E-state index contributed by atoms with van der Waals surface area (Å²) in [4.78, 5) is 2.51. The molecule has 0 aromatic heterocycles. The molecule has 0 bridgehead atoms. The molecule has 3 rings (SSSR count). The molecule has 1 fully saturated rings. The van der Waals surface area contributed by atoms with Crippen molar-refractivity contribution >= 4 is 5.57 Å². The van der Waals surface area contributed by atoms with Crippen LogP contribution in [0.1, 0.15) is 108 Å². The standard InChI is InChI=1S/C21H33N.C11H13F.C2H6/c1-4-10-20(21-12-7-6-8-13-21)14-9-11-19-15-16-22(17-19)18(3)5-2;1-7(2)11-9(4)5-8(3)6-10(11)12;1-2/h6-8,12-13,19-20H,3-5,9-11,14-17H2,1-2H3;5-6H,1H2,2-4H3;1-2H3. The zero-order chi connectivity index (χ0) is 27.1. The second-order valence-electron chi connectivity index (χ2n) is 10.1. The molecule has 0 aliphatic carbocycles. The number of hydrogen-bond donors (Lipinski definition) is 0. The molecule has 1 saturated heterocycles. The molecule has 1 aliphatic rings. The van der Waals surface area contributed by atoms with Crippen LogP contribution < -0.4 is 0 Å². The van der Waals surface area contributed by atoms with E-state index in [0.29, 0.717) is 5.56 Å². The van der Waals surface area contributed by atoms with Crippen LogP contribution in [-0.2, 0) is 0 Å². The maximum absolute atomic E-state index is 13.3. The van der Waals surface area contributed by atoms with Gasteiger partial charge in [-0.05, 0) is 93.0 Å². The summed E-state index contributed by atoms with van der Waals surface area (Å²) in [5, 5.41) is 0. The van der Waals surface area contributed by atoms with E-state index in [1.165, 1.54) is 68.9 Å². The lowest BCUT2D eigenvalue weighted by Crippen LogP contribution is -2.18. The molecular formula is C34H52FN. The molecule has 2 unspecified atom stereocenters. The normalized spacial score (nSPS) is 15.3. The van der Waals surface area contributed by atoms with Gasteiger partial charge in [0, 0.05) is 24.4 Å². The Kier molecular flexibility index (Phi) is 15.1. The highest BCUT2D eigenvalue weighted by molar-refractivity contribution is 5.65. The van der Waals surface area contributed by atoms with Crippen molar-refractivity contribution < 1.29 is 4.39 Å². The van der Waals surface area contributed by atoms with Crippen molar-refractivity contribution in [2.45, 2.75) is 99.3 Å². The van der Waals surface area contributed by atoms with Crippen LogP contribution in [0.5, 0.6) is 0 Å². The summed E-state index contributed by atoms with van der Waals surface area (Å²) in [5.74, 6) is 1.48. The van der Waals surface area contributed by atoms with E-state index in [2.05, 4.69) is 62.2 Å². The lowest BCUT2D eigenvalue weighted by atomic mass is 9.88. The number of rotatable bonds is 10. The van der Waals surface area contributed by atoms with E-state index >= 15 is 0 Å². The first kappa shape index (κ1) is 31.7. The van der Waals surface area contributed by atoms with Crippen LogP contribution in [0.25, 0.3) is 5.57 Å². The van der Waals surface area contributed by atoms with E-state index < -0.39 is 0 Å². The van der Waals surface area contributed by atoms with E-state index in [9.17, 15) is 4.39 Å². The van der Waals surface area contributed by atoms with Gasteiger partial charge in [0.05, 0.1) is 0 Å². The molecule has 1 nitrogen and oxygen atoms in total. The highest BCUT2D eigenvalue weighted by atomic mass is 19.1. The molecule has 2 atom stereocenters. The Hall–Kier alpha value is -2.35. The molecule has 2 aromatic carbocycles. The van der Waals surface area contributed by atoms with E-state index in [0.717, 1.165) is 35.0 Å². The largest absolute Gasteiger partial charge is 0.375 e. The Morgan fingerprint density at radius 2 is 1.72 bits per heavy atom. The molecule has 2 aromatic rings. The number of benzene rings is 2. The number of aryl methyl sites for hydroxylation is 2. The smallest absolute Gasteiger partial charge is 0.131 e. The van der Waals surface area contributed by atoms with Gasteiger partial charge in [-0.15, -0.1) is 0 Å². The number of allylic oxidation sites excluding steroid dienone is 2. The molecule has 0 radical (unpaired) electrons. The zero-order valence-corrected chi connectivity index (χ0v) is 24.3. The summed E-state index contributed by atoms with van der Waals surface area (Å²) in [6.45, 7) is 24.5. The van der Waals surface area contributed by atoms with Crippen molar-refractivity contribution in [1.29, 1.82) is 0 Å². The van der Waals surface area contributed by atoms with Gasteiger partial charge < -0.3 is 4.90 Å². The molecule has 0 saturated carbocycles. The third kappa shape index (κ3) is 10.3. The molecule has 0 amide bonds. The third-order valence-corrected chi connectivity index (χ3v) is 7.07. The second kappa shape index (κ2) is 17.2. The van der Waals surface area contributed by atoms with Gasteiger partial charge in [0.25, 0.3) is 0 Å². The van der Waals surface area contributed by atoms with Crippen LogP contribution in [0.2, 0.25) is 0 Å². The van der Waals surface area contributed by atoms with Gasteiger partial charge in [0.1, 0.15) is 5.82 Å². The first-order chi connectivity index (χ1) is 17.3. The van der Waals surface area contributed by atoms with E-state index in [1.807, 2.05) is 40.7 Å². The average Bonchev–Trinajstić information content (AvgIpc) is 3.33. The minimum absolute atomic E-state index is 0.167. The summed E-state index contributed by atoms with van der Waals surface area (Å²) in [6.07, 6.45) is 9.18. The van der Waals surface area contributed by atoms with Crippen LogP contribution >= 0.6 is 0 Å².